The van der Waals surface area contributed by atoms with Gasteiger partial charge in [-0.1, -0.05) is 55.6 Å². The van der Waals surface area contributed by atoms with Crippen LogP contribution in [0.5, 0.6) is 0 Å². The van der Waals surface area contributed by atoms with Gasteiger partial charge in [0, 0.05) is 10.7 Å². The average molecular weight is 325 g/mol. The van der Waals surface area contributed by atoms with Gasteiger partial charge < -0.3 is 11.1 Å². The Morgan fingerprint density at radius 3 is 2.48 bits per heavy atom. The van der Waals surface area contributed by atoms with E-state index in [4.69, 9.17) is 29.6 Å². The molecule has 1 aliphatic carbocycles. The maximum Gasteiger partial charge on any atom is 0.237 e. The number of carbonyl (C=O) groups excluding carboxylic acids is 1. The van der Waals surface area contributed by atoms with Crippen LogP contribution >= 0.6 is 23.8 Å². The van der Waals surface area contributed by atoms with Crippen LogP contribution in [0.3, 0.4) is 0 Å². The van der Waals surface area contributed by atoms with Crippen molar-refractivity contribution in [2.45, 2.75) is 45.4 Å². The second kappa shape index (κ2) is 6.75. The number of nitrogens with two attached hydrogens (primary N) is 1. The third kappa shape index (κ3) is 3.38. The van der Waals surface area contributed by atoms with Gasteiger partial charge in [0.1, 0.15) is 0 Å². The minimum atomic E-state index is -0.722. The van der Waals surface area contributed by atoms with Crippen LogP contribution in [-0.4, -0.2) is 10.9 Å². The van der Waals surface area contributed by atoms with E-state index in [2.05, 4.69) is 5.32 Å². The molecule has 0 aliphatic heterocycles. The fraction of sp³-hybridized carbons (Fsp3) is 0.500. The lowest BCUT2D eigenvalue weighted by Crippen LogP contribution is -2.45. The maximum atomic E-state index is 12.8. The molecule has 1 aromatic rings. The zero-order valence-electron chi connectivity index (χ0n) is 12.2. The first-order valence-corrected chi connectivity index (χ1v) is 8.12. The van der Waals surface area contributed by atoms with Crippen LogP contribution in [0.1, 0.15) is 44.1 Å². The SMILES string of the molecule is Cc1c(Cl)cccc1NC(=O)C1(C(N)=S)CCCCCC1. The predicted octanol–water partition coefficient (Wildman–Crippen LogP) is 4.21. The van der Waals surface area contributed by atoms with Crippen molar-refractivity contribution < 1.29 is 4.79 Å². The fourth-order valence-electron chi connectivity index (χ4n) is 2.90. The highest BCUT2D eigenvalue weighted by atomic mass is 35.5. The Balaban J connectivity index is 2.27. The molecule has 5 heteroatoms. The van der Waals surface area contributed by atoms with Gasteiger partial charge >= 0.3 is 0 Å². The minimum absolute atomic E-state index is 0.0951. The molecule has 0 saturated heterocycles. The van der Waals surface area contributed by atoms with Crippen LogP contribution in [0.25, 0.3) is 0 Å². The van der Waals surface area contributed by atoms with Gasteiger partial charge in [0.05, 0.1) is 10.4 Å². The van der Waals surface area contributed by atoms with Crippen LogP contribution in [-0.2, 0) is 4.79 Å². The molecule has 1 fully saturated rings. The number of hydrogen-bond acceptors (Lipinski definition) is 2. The number of halogens is 1. The number of rotatable bonds is 3. The first-order valence-electron chi connectivity index (χ1n) is 7.34. The maximum absolute atomic E-state index is 12.8. The summed E-state index contributed by atoms with van der Waals surface area (Å²) in [6, 6.07) is 5.48. The lowest BCUT2D eigenvalue weighted by molar-refractivity contribution is -0.122. The van der Waals surface area contributed by atoms with Crippen molar-refractivity contribution in [2.75, 3.05) is 5.32 Å². The number of hydrogen-bond donors (Lipinski definition) is 2. The highest BCUT2D eigenvalue weighted by molar-refractivity contribution is 7.80. The molecule has 1 aromatic carbocycles. The van der Waals surface area contributed by atoms with E-state index in [-0.39, 0.29) is 5.91 Å². The van der Waals surface area contributed by atoms with E-state index in [9.17, 15) is 4.79 Å². The summed E-state index contributed by atoms with van der Waals surface area (Å²) in [5.74, 6) is -0.0951. The molecule has 0 unspecified atom stereocenters. The standard InChI is InChI=1S/C16H21ClN2OS/c1-11-12(17)7-6-8-13(11)19-15(20)16(14(18)21)9-4-2-3-5-10-16/h6-8H,2-5,9-10H2,1H3,(H2,18,21)(H,19,20). The molecular formula is C16H21ClN2OS. The van der Waals surface area contributed by atoms with Crippen LogP contribution in [0, 0.1) is 12.3 Å². The number of anilines is 1. The summed E-state index contributed by atoms with van der Waals surface area (Å²) in [4.78, 5) is 13.1. The molecule has 1 amide bonds. The first-order chi connectivity index (χ1) is 9.97. The molecule has 3 N–H and O–H groups in total. The monoisotopic (exact) mass is 324 g/mol. The van der Waals surface area contributed by atoms with E-state index in [1.165, 1.54) is 0 Å². The van der Waals surface area contributed by atoms with E-state index >= 15 is 0 Å². The molecule has 0 atom stereocenters. The molecule has 0 aromatic heterocycles. The van der Waals surface area contributed by atoms with Gasteiger partial charge in [-0.2, -0.15) is 0 Å². The second-order valence-corrected chi connectivity index (χ2v) is 6.57. The van der Waals surface area contributed by atoms with Crippen molar-refractivity contribution in [3.63, 3.8) is 0 Å². The fourth-order valence-corrected chi connectivity index (χ4v) is 3.37. The number of carbonyl (C=O) groups is 1. The highest BCUT2D eigenvalue weighted by Crippen LogP contribution is 2.37. The van der Waals surface area contributed by atoms with Crippen LogP contribution < -0.4 is 11.1 Å². The summed E-state index contributed by atoms with van der Waals surface area (Å²) >= 11 is 11.3. The Hall–Kier alpha value is -1.13. The topological polar surface area (TPSA) is 55.1 Å². The van der Waals surface area contributed by atoms with Crippen LogP contribution in [0.15, 0.2) is 18.2 Å². The minimum Gasteiger partial charge on any atom is -0.392 e. The molecular weight excluding hydrogens is 304 g/mol. The normalized spacial score (nSPS) is 17.8. The summed E-state index contributed by atoms with van der Waals surface area (Å²) in [7, 11) is 0. The smallest absolute Gasteiger partial charge is 0.237 e. The van der Waals surface area contributed by atoms with E-state index in [0.717, 1.165) is 49.8 Å². The molecule has 114 valence electrons. The van der Waals surface area contributed by atoms with Gasteiger partial charge in [-0.05, 0) is 37.5 Å². The van der Waals surface area contributed by atoms with Crippen molar-refractivity contribution in [2.24, 2.45) is 11.1 Å². The quantitative estimate of drug-likeness (QED) is 0.646. The zero-order chi connectivity index (χ0) is 15.5. The molecule has 0 heterocycles. The van der Waals surface area contributed by atoms with Crippen molar-refractivity contribution in [1.82, 2.24) is 0 Å². The third-order valence-corrected chi connectivity index (χ3v) is 5.18. The molecule has 1 saturated carbocycles. The Kier molecular flexibility index (Phi) is 5.22. The van der Waals surface area contributed by atoms with Crippen molar-refractivity contribution in [3.8, 4) is 0 Å². The van der Waals surface area contributed by atoms with Crippen molar-refractivity contribution in [1.29, 1.82) is 0 Å². The largest absolute Gasteiger partial charge is 0.392 e. The Morgan fingerprint density at radius 2 is 1.90 bits per heavy atom. The molecule has 0 radical (unpaired) electrons. The Labute approximate surface area is 136 Å². The number of nitrogens with one attached hydrogen (secondary N) is 1. The lowest BCUT2D eigenvalue weighted by atomic mass is 9.79. The van der Waals surface area contributed by atoms with Gasteiger partial charge in [-0.15, -0.1) is 0 Å². The predicted molar refractivity (Wildman–Crippen MR) is 91.7 cm³/mol. The molecule has 0 bridgehead atoms. The first kappa shape index (κ1) is 16.2. The molecule has 0 spiro atoms. The average Bonchev–Trinajstić information content (AvgIpc) is 2.70. The van der Waals surface area contributed by atoms with Gasteiger partial charge in [0.25, 0.3) is 0 Å². The second-order valence-electron chi connectivity index (χ2n) is 5.73. The third-order valence-electron chi connectivity index (χ3n) is 4.38. The lowest BCUT2D eigenvalue weighted by Gasteiger charge is -2.30. The van der Waals surface area contributed by atoms with Crippen molar-refractivity contribution >= 4 is 40.4 Å². The van der Waals surface area contributed by atoms with Crippen molar-refractivity contribution in [3.05, 3.63) is 28.8 Å². The molecule has 1 aliphatic rings. The molecule has 2 rings (SSSR count). The van der Waals surface area contributed by atoms with E-state index < -0.39 is 5.41 Å². The Bertz CT molecular complexity index is 551. The highest BCUT2D eigenvalue weighted by Gasteiger charge is 2.41. The molecule has 3 nitrogen and oxygen atoms in total. The number of amides is 1. The van der Waals surface area contributed by atoms with Gasteiger partial charge in [0.2, 0.25) is 5.91 Å². The summed E-state index contributed by atoms with van der Waals surface area (Å²) < 4.78 is 0. The Morgan fingerprint density at radius 1 is 1.29 bits per heavy atom. The van der Waals surface area contributed by atoms with Gasteiger partial charge in [-0.3, -0.25) is 4.79 Å². The van der Waals surface area contributed by atoms with E-state index in [0.29, 0.717) is 10.0 Å². The summed E-state index contributed by atoms with van der Waals surface area (Å²) in [6.07, 6.45) is 5.70. The summed E-state index contributed by atoms with van der Waals surface area (Å²) in [5, 5.41) is 3.62. The van der Waals surface area contributed by atoms with E-state index in [1.807, 2.05) is 25.1 Å². The number of benzene rings is 1. The van der Waals surface area contributed by atoms with Crippen LogP contribution in [0.4, 0.5) is 5.69 Å². The van der Waals surface area contributed by atoms with E-state index in [1.54, 1.807) is 0 Å². The zero-order valence-corrected chi connectivity index (χ0v) is 13.8. The summed E-state index contributed by atoms with van der Waals surface area (Å²) in [6.45, 7) is 1.89. The van der Waals surface area contributed by atoms with Crippen LogP contribution in [0.2, 0.25) is 5.02 Å². The van der Waals surface area contributed by atoms with Gasteiger partial charge in [0.15, 0.2) is 0 Å². The molecule has 21 heavy (non-hydrogen) atoms. The van der Waals surface area contributed by atoms with Gasteiger partial charge in [-0.25, -0.2) is 0 Å². The number of thiocarbonyl (C=S) groups is 1. The summed E-state index contributed by atoms with van der Waals surface area (Å²) in [5.41, 5.74) is 6.81.